The molecule has 2 heterocycles. The zero-order chi connectivity index (χ0) is 23.5. The molecule has 178 valence electrons. The van der Waals surface area contributed by atoms with Crippen LogP contribution in [-0.2, 0) is 19.1 Å². The molecule has 1 N–H and O–H groups in total. The normalized spacial score (nSPS) is 21.4. The SMILES string of the molecule is COC(=O)C(C)n1ccc(N2CCC[C@@H](N[C@@H](C(=O)OC(C)(C)C)C3CCC3)C2)cc1=O. The summed E-state index contributed by atoms with van der Waals surface area (Å²) in [5.41, 5.74) is 0.0776. The van der Waals surface area contributed by atoms with E-state index in [4.69, 9.17) is 9.47 Å². The highest BCUT2D eigenvalue weighted by Crippen LogP contribution is 2.32. The van der Waals surface area contributed by atoms with Crippen molar-refractivity contribution < 1.29 is 19.1 Å². The minimum Gasteiger partial charge on any atom is -0.467 e. The van der Waals surface area contributed by atoms with Crippen molar-refractivity contribution in [2.45, 2.75) is 83.5 Å². The zero-order valence-corrected chi connectivity index (χ0v) is 19.9. The van der Waals surface area contributed by atoms with E-state index in [1.807, 2.05) is 26.8 Å². The largest absolute Gasteiger partial charge is 0.467 e. The van der Waals surface area contributed by atoms with E-state index in [1.165, 1.54) is 11.7 Å². The number of rotatable bonds is 7. The number of carbonyl (C=O) groups excluding carboxylic acids is 2. The van der Waals surface area contributed by atoms with Gasteiger partial charge in [0.25, 0.3) is 5.56 Å². The van der Waals surface area contributed by atoms with Crippen molar-refractivity contribution in [3.8, 4) is 0 Å². The summed E-state index contributed by atoms with van der Waals surface area (Å²) in [4.78, 5) is 39.4. The Balaban J connectivity index is 1.69. The number of methoxy groups -OCH3 is 1. The summed E-state index contributed by atoms with van der Waals surface area (Å²) < 4.78 is 11.8. The van der Waals surface area contributed by atoms with E-state index in [9.17, 15) is 14.4 Å². The number of esters is 2. The van der Waals surface area contributed by atoms with E-state index in [0.717, 1.165) is 44.3 Å². The summed E-state index contributed by atoms with van der Waals surface area (Å²) in [6, 6.07) is 2.61. The van der Waals surface area contributed by atoms with Gasteiger partial charge in [0.15, 0.2) is 0 Å². The van der Waals surface area contributed by atoms with Gasteiger partial charge in [0, 0.05) is 37.1 Å². The second-order valence-electron chi connectivity index (χ2n) is 9.98. The van der Waals surface area contributed by atoms with Gasteiger partial charge in [0.05, 0.1) is 7.11 Å². The number of aromatic nitrogens is 1. The summed E-state index contributed by atoms with van der Waals surface area (Å²) >= 11 is 0. The maximum atomic E-state index is 12.9. The standard InChI is InChI=1S/C24H37N3O5/c1-16(22(29)31-5)27-13-11-19(14-20(27)28)26-12-7-10-18(15-26)25-21(17-8-6-9-17)23(30)32-24(2,3)4/h11,13-14,16-18,21,25H,6-10,12,15H2,1-5H3/t16?,18-,21-/m1/s1. The number of nitrogens with one attached hydrogen (secondary N) is 1. The highest BCUT2D eigenvalue weighted by atomic mass is 16.6. The summed E-state index contributed by atoms with van der Waals surface area (Å²) in [5, 5.41) is 3.59. The fourth-order valence-corrected chi connectivity index (χ4v) is 4.42. The molecule has 3 atom stereocenters. The maximum absolute atomic E-state index is 12.9. The molecule has 0 aromatic carbocycles. The molecule has 2 fully saturated rings. The van der Waals surface area contributed by atoms with Crippen LogP contribution in [0.1, 0.15) is 65.8 Å². The molecule has 2 aliphatic rings. The molecule has 1 aromatic rings. The van der Waals surface area contributed by atoms with Gasteiger partial charge < -0.3 is 18.9 Å². The van der Waals surface area contributed by atoms with E-state index in [1.54, 1.807) is 19.2 Å². The van der Waals surface area contributed by atoms with Gasteiger partial charge >= 0.3 is 11.9 Å². The third kappa shape index (κ3) is 5.91. The second-order valence-corrected chi connectivity index (χ2v) is 9.98. The first-order valence-electron chi connectivity index (χ1n) is 11.6. The third-order valence-corrected chi connectivity index (χ3v) is 6.38. The average Bonchev–Trinajstić information content (AvgIpc) is 2.69. The van der Waals surface area contributed by atoms with Crippen LogP contribution in [-0.4, -0.2) is 54.4 Å². The van der Waals surface area contributed by atoms with E-state index in [2.05, 4.69) is 10.2 Å². The van der Waals surface area contributed by atoms with Crippen LogP contribution in [0.2, 0.25) is 0 Å². The zero-order valence-electron chi connectivity index (χ0n) is 19.9. The molecule has 32 heavy (non-hydrogen) atoms. The lowest BCUT2D eigenvalue weighted by atomic mass is 9.79. The number of ether oxygens (including phenoxy) is 2. The number of hydrogen-bond donors (Lipinski definition) is 1. The van der Waals surface area contributed by atoms with E-state index in [-0.39, 0.29) is 23.6 Å². The molecule has 8 heteroatoms. The molecule has 0 amide bonds. The van der Waals surface area contributed by atoms with Gasteiger partial charge in [-0.3, -0.25) is 14.9 Å². The molecule has 1 unspecified atom stereocenters. The first-order chi connectivity index (χ1) is 15.1. The highest BCUT2D eigenvalue weighted by molar-refractivity contribution is 5.77. The number of hydrogen-bond acceptors (Lipinski definition) is 7. The highest BCUT2D eigenvalue weighted by Gasteiger charge is 2.37. The quantitative estimate of drug-likeness (QED) is 0.643. The topological polar surface area (TPSA) is 89.9 Å². The van der Waals surface area contributed by atoms with E-state index in [0.29, 0.717) is 12.5 Å². The van der Waals surface area contributed by atoms with E-state index >= 15 is 0 Å². The summed E-state index contributed by atoms with van der Waals surface area (Å²) in [5.74, 6) is -0.297. The van der Waals surface area contributed by atoms with E-state index < -0.39 is 17.6 Å². The summed E-state index contributed by atoms with van der Waals surface area (Å²) in [7, 11) is 1.31. The van der Waals surface area contributed by atoms with Crippen molar-refractivity contribution in [1.82, 2.24) is 9.88 Å². The fourth-order valence-electron chi connectivity index (χ4n) is 4.42. The predicted molar refractivity (Wildman–Crippen MR) is 123 cm³/mol. The van der Waals surface area contributed by atoms with Crippen LogP contribution in [0.15, 0.2) is 23.1 Å². The molecule has 1 saturated carbocycles. The van der Waals surface area contributed by atoms with Crippen molar-refractivity contribution >= 4 is 17.6 Å². The predicted octanol–water partition coefficient (Wildman–Crippen LogP) is 2.65. The minimum absolute atomic E-state index is 0.137. The first kappa shape index (κ1) is 24.3. The van der Waals surface area contributed by atoms with Crippen LogP contribution >= 0.6 is 0 Å². The molecule has 0 spiro atoms. The monoisotopic (exact) mass is 447 g/mol. The van der Waals surface area contributed by atoms with Gasteiger partial charge in [0.1, 0.15) is 17.7 Å². The summed E-state index contributed by atoms with van der Waals surface area (Å²) in [6.07, 6.45) is 6.83. The van der Waals surface area contributed by atoms with Crippen molar-refractivity contribution in [3.63, 3.8) is 0 Å². The van der Waals surface area contributed by atoms with Gasteiger partial charge in [-0.05, 0) is 65.4 Å². The van der Waals surface area contributed by atoms with Gasteiger partial charge in [-0.15, -0.1) is 0 Å². The Morgan fingerprint density at radius 3 is 2.44 bits per heavy atom. The first-order valence-corrected chi connectivity index (χ1v) is 11.6. The van der Waals surface area contributed by atoms with Crippen LogP contribution < -0.4 is 15.8 Å². The lowest BCUT2D eigenvalue weighted by Crippen LogP contribution is -2.56. The molecule has 1 saturated heterocycles. The van der Waals surface area contributed by atoms with Crippen LogP contribution in [0, 0.1) is 5.92 Å². The molecule has 1 aromatic heterocycles. The Hall–Kier alpha value is -2.35. The van der Waals surface area contributed by atoms with Crippen LogP contribution in [0.25, 0.3) is 0 Å². The number of anilines is 1. The fraction of sp³-hybridized carbons (Fsp3) is 0.708. The smallest absolute Gasteiger partial charge is 0.328 e. The van der Waals surface area contributed by atoms with Crippen molar-refractivity contribution in [2.24, 2.45) is 5.92 Å². The Morgan fingerprint density at radius 2 is 1.88 bits per heavy atom. The van der Waals surface area contributed by atoms with Gasteiger partial charge in [-0.1, -0.05) is 6.42 Å². The number of carbonyl (C=O) groups is 2. The molecular weight excluding hydrogens is 410 g/mol. The minimum atomic E-state index is -0.672. The Morgan fingerprint density at radius 1 is 1.16 bits per heavy atom. The van der Waals surface area contributed by atoms with Crippen LogP contribution in [0.3, 0.4) is 0 Å². The average molecular weight is 448 g/mol. The molecule has 3 rings (SSSR count). The lowest BCUT2D eigenvalue weighted by molar-refractivity contribution is -0.160. The number of piperidine rings is 1. The van der Waals surface area contributed by atoms with Crippen molar-refractivity contribution in [1.29, 1.82) is 0 Å². The lowest BCUT2D eigenvalue weighted by Gasteiger charge is -2.40. The van der Waals surface area contributed by atoms with Crippen LogP contribution in [0.4, 0.5) is 5.69 Å². The molecule has 0 radical (unpaired) electrons. The Labute approximate surface area is 190 Å². The molecule has 0 bridgehead atoms. The molecule has 1 aliphatic heterocycles. The number of nitrogens with zero attached hydrogens (tertiary/aromatic N) is 2. The van der Waals surface area contributed by atoms with Crippen molar-refractivity contribution in [2.75, 3.05) is 25.1 Å². The van der Waals surface area contributed by atoms with Gasteiger partial charge in [0.2, 0.25) is 0 Å². The Kier molecular flexibility index (Phi) is 7.64. The Bertz CT molecular complexity index is 871. The van der Waals surface area contributed by atoms with Gasteiger partial charge in [-0.2, -0.15) is 0 Å². The van der Waals surface area contributed by atoms with Crippen molar-refractivity contribution in [3.05, 3.63) is 28.7 Å². The third-order valence-electron chi connectivity index (χ3n) is 6.38. The van der Waals surface area contributed by atoms with Crippen LogP contribution in [0.5, 0.6) is 0 Å². The maximum Gasteiger partial charge on any atom is 0.328 e. The summed E-state index contributed by atoms with van der Waals surface area (Å²) in [6.45, 7) is 8.89. The molecular formula is C24H37N3O5. The van der Waals surface area contributed by atoms with Gasteiger partial charge in [-0.25, -0.2) is 4.79 Å². The molecule has 1 aliphatic carbocycles. The molecule has 8 nitrogen and oxygen atoms in total. The number of pyridine rings is 1. The second kappa shape index (κ2) is 10.1.